The number of carbonyl (C=O) groups is 1. The summed E-state index contributed by atoms with van der Waals surface area (Å²) in [7, 11) is -3.91. The largest absolute Gasteiger partial charge is 0.324 e. The van der Waals surface area contributed by atoms with E-state index in [1.807, 2.05) is 0 Å². The number of piperidine rings is 1. The fourth-order valence-electron chi connectivity index (χ4n) is 3.31. The van der Waals surface area contributed by atoms with Crippen LogP contribution in [0.2, 0.25) is 10.0 Å². The predicted molar refractivity (Wildman–Crippen MR) is 114 cm³/mol. The molecule has 0 saturated carbocycles. The van der Waals surface area contributed by atoms with E-state index in [-0.39, 0.29) is 34.6 Å². The van der Waals surface area contributed by atoms with Gasteiger partial charge < -0.3 is 5.32 Å². The highest BCUT2D eigenvalue weighted by atomic mass is 35.5. The number of nitrogens with one attached hydrogen (secondary N) is 1. The highest BCUT2D eigenvalue weighted by Crippen LogP contribution is 2.32. The lowest BCUT2D eigenvalue weighted by Crippen LogP contribution is -2.41. The molecule has 0 aliphatic carbocycles. The Morgan fingerprint density at radius 3 is 2.50 bits per heavy atom. The van der Waals surface area contributed by atoms with Crippen LogP contribution >= 0.6 is 23.2 Å². The van der Waals surface area contributed by atoms with Crippen LogP contribution in [0.15, 0.2) is 41.3 Å². The summed E-state index contributed by atoms with van der Waals surface area (Å²) in [4.78, 5) is 22.9. The number of amides is 1. The number of rotatable bonds is 5. The summed E-state index contributed by atoms with van der Waals surface area (Å²) in [6, 6.07) is 8.67. The van der Waals surface area contributed by atoms with E-state index in [4.69, 9.17) is 23.2 Å². The molecule has 1 heterocycles. The minimum atomic E-state index is -3.91. The van der Waals surface area contributed by atoms with Gasteiger partial charge in [0.25, 0.3) is 5.69 Å². The Balaban J connectivity index is 1.70. The van der Waals surface area contributed by atoms with Gasteiger partial charge in [0, 0.05) is 31.1 Å². The third kappa shape index (κ3) is 4.59. The van der Waals surface area contributed by atoms with Crippen LogP contribution in [0.3, 0.4) is 0 Å². The SMILES string of the molecule is Cc1ccc([N+](=O)[O-])cc1S(=O)(=O)N1CCC(C(=O)Nc2cccc(Cl)c2Cl)CC1. The van der Waals surface area contributed by atoms with Crippen molar-refractivity contribution in [1.82, 2.24) is 4.31 Å². The average molecular weight is 472 g/mol. The molecule has 11 heteroatoms. The Hall–Kier alpha value is -2.20. The molecule has 0 atom stereocenters. The number of carbonyl (C=O) groups excluding carboxylic acids is 1. The number of halogens is 2. The third-order valence-corrected chi connectivity index (χ3v) is 7.89. The van der Waals surface area contributed by atoms with Crippen LogP contribution in [0, 0.1) is 23.0 Å². The van der Waals surface area contributed by atoms with Gasteiger partial charge in [-0.2, -0.15) is 4.31 Å². The zero-order valence-corrected chi connectivity index (χ0v) is 18.3. The number of sulfonamides is 1. The molecule has 1 fully saturated rings. The molecule has 8 nitrogen and oxygen atoms in total. The molecule has 0 unspecified atom stereocenters. The smallest absolute Gasteiger partial charge is 0.270 e. The Kier molecular flexibility index (Phi) is 6.66. The van der Waals surface area contributed by atoms with Gasteiger partial charge in [0.15, 0.2) is 0 Å². The second-order valence-corrected chi connectivity index (χ2v) is 9.67. The summed E-state index contributed by atoms with van der Waals surface area (Å²) in [5.41, 5.74) is 0.541. The van der Waals surface area contributed by atoms with Crippen LogP contribution in [0.25, 0.3) is 0 Å². The minimum absolute atomic E-state index is 0.0923. The molecule has 160 valence electrons. The summed E-state index contributed by atoms with van der Waals surface area (Å²) in [6.07, 6.45) is 0.633. The first-order valence-electron chi connectivity index (χ1n) is 9.11. The summed E-state index contributed by atoms with van der Waals surface area (Å²) < 4.78 is 27.3. The van der Waals surface area contributed by atoms with Gasteiger partial charge in [-0.25, -0.2) is 8.42 Å². The summed E-state index contributed by atoms with van der Waals surface area (Å²) >= 11 is 12.0. The minimum Gasteiger partial charge on any atom is -0.324 e. The zero-order chi connectivity index (χ0) is 22.1. The Morgan fingerprint density at radius 1 is 1.20 bits per heavy atom. The van der Waals surface area contributed by atoms with Gasteiger partial charge in [0.05, 0.1) is 25.6 Å². The zero-order valence-electron chi connectivity index (χ0n) is 16.0. The first-order chi connectivity index (χ1) is 14.1. The molecule has 1 amide bonds. The molecule has 1 aliphatic rings. The van der Waals surface area contributed by atoms with E-state index in [9.17, 15) is 23.3 Å². The average Bonchev–Trinajstić information content (AvgIpc) is 2.71. The number of benzene rings is 2. The maximum absolute atomic E-state index is 13.0. The summed E-state index contributed by atoms with van der Waals surface area (Å²) in [6.45, 7) is 1.85. The molecule has 0 radical (unpaired) electrons. The lowest BCUT2D eigenvalue weighted by Gasteiger charge is -2.31. The van der Waals surface area contributed by atoms with Gasteiger partial charge in [0.1, 0.15) is 0 Å². The van der Waals surface area contributed by atoms with E-state index in [2.05, 4.69) is 5.32 Å². The van der Waals surface area contributed by atoms with Crippen LogP contribution in [0.5, 0.6) is 0 Å². The third-order valence-electron chi connectivity index (χ3n) is 5.03. The maximum atomic E-state index is 13.0. The number of nitro groups is 1. The second kappa shape index (κ2) is 8.89. The van der Waals surface area contributed by atoms with Gasteiger partial charge in [-0.3, -0.25) is 14.9 Å². The fourth-order valence-corrected chi connectivity index (χ4v) is 5.37. The quantitative estimate of drug-likeness (QED) is 0.517. The van der Waals surface area contributed by atoms with Gasteiger partial charge in [-0.05, 0) is 37.5 Å². The molecule has 0 bridgehead atoms. The van der Waals surface area contributed by atoms with Gasteiger partial charge in [0.2, 0.25) is 15.9 Å². The molecule has 3 rings (SSSR count). The highest BCUT2D eigenvalue weighted by Gasteiger charge is 2.33. The van der Waals surface area contributed by atoms with Crippen LogP contribution in [0.4, 0.5) is 11.4 Å². The number of anilines is 1. The normalized spacial score (nSPS) is 15.7. The molecule has 30 heavy (non-hydrogen) atoms. The van der Waals surface area contributed by atoms with E-state index in [1.54, 1.807) is 25.1 Å². The van der Waals surface area contributed by atoms with Crippen molar-refractivity contribution in [3.05, 3.63) is 62.1 Å². The molecule has 1 aliphatic heterocycles. The standard InChI is InChI=1S/C19H19Cl2N3O5S/c1-12-5-6-14(24(26)27)11-17(12)30(28,29)23-9-7-13(8-10-23)19(25)22-16-4-2-3-15(20)18(16)21/h2-6,11,13H,7-10H2,1H3,(H,22,25). The number of hydrogen-bond donors (Lipinski definition) is 1. The molecule has 0 aromatic heterocycles. The van der Waals surface area contributed by atoms with E-state index < -0.39 is 20.9 Å². The van der Waals surface area contributed by atoms with Crippen molar-refractivity contribution in [3.8, 4) is 0 Å². The van der Waals surface area contributed by atoms with E-state index in [0.29, 0.717) is 29.1 Å². The van der Waals surface area contributed by atoms with Crippen LogP contribution in [-0.2, 0) is 14.8 Å². The molecular formula is C19H19Cl2N3O5S. The molecule has 2 aromatic carbocycles. The number of nitro benzene ring substituents is 1. The summed E-state index contributed by atoms with van der Waals surface area (Å²) in [5.74, 6) is -0.652. The number of nitrogens with zero attached hydrogens (tertiary/aromatic N) is 2. The number of aryl methyl sites for hydroxylation is 1. The van der Waals surface area contributed by atoms with Crippen molar-refractivity contribution in [2.24, 2.45) is 5.92 Å². The first kappa shape index (κ1) is 22.5. The first-order valence-corrected chi connectivity index (χ1v) is 11.3. The van der Waals surface area contributed by atoms with Crippen LogP contribution in [-0.4, -0.2) is 36.6 Å². The van der Waals surface area contributed by atoms with Gasteiger partial charge in [-0.1, -0.05) is 35.3 Å². The van der Waals surface area contributed by atoms with Crippen molar-refractivity contribution in [1.29, 1.82) is 0 Å². The monoisotopic (exact) mass is 471 g/mol. The van der Waals surface area contributed by atoms with Gasteiger partial charge in [-0.15, -0.1) is 0 Å². The lowest BCUT2D eigenvalue weighted by atomic mass is 9.97. The maximum Gasteiger partial charge on any atom is 0.270 e. The van der Waals surface area contributed by atoms with Gasteiger partial charge >= 0.3 is 0 Å². The Bertz CT molecular complexity index is 1100. The van der Waals surface area contributed by atoms with Crippen LogP contribution < -0.4 is 5.32 Å². The molecule has 1 N–H and O–H groups in total. The van der Waals surface area contributed by atoms with Crippen molar-refractivity contribution in [3.63, 3.8) is 0 Å². The van der Waals surface area contributed by atoms with Crippen molar-refractivity contribution < 1.29 is 18.1 Å². The lowest BCUT2D eigenvalue weighted by molar-refractivity contribution is -0.385. The van der Waals surface area contributed by atoms with Crippen molar-refractivity contribution in [2.75, 3.05) is 18.4 Å². The van der Waals surface area contributed by atoms with E-state index >= 15 is 0 Å². The summed E-state index contributed by atoms with van der Waals surface area (Å²) in [5, 5.41) is 14.3. The number of non-ortho nitro benzene ring substituents is 1. The Morgan fingerprint density at radius 2 is 1.87 bits per heavy atom. The van der Waals surface area contributed by atoms with E-state index in [1.165, 1.54) is 16.4 Å². The molecule has 1 saturated heterocycles. The van der Waals surface area contributed by atoms with Crippen molar-refractivity contribution >= 4 is 50.5 Å². The second-order valence-electron chi connectivity index (χ2n) is 6.98. The van der Waals surface area contributed by atoms with Crippen molar-refractivity contribution in [2.45, 2.75) is 24.7 Å². The van der Waals surface area contributed by atoms with E-state index in [0.717, 1.165) is 6.07 Å². The fraction of sp³-hybridized carbons (Fsp3) is 0.316. The molecule has 0 spiro atoms. The predicted octanol–water partition coefficient (Wildman–Crippen LogP) is 4.25. The Labute approximate surface area is 184 Å². The molecule has 2 aromatic rings. The number of hydrogen-bond acceptors (Lipinski definition) is 5. The highest BCUT2D eigenvalue weighted by molar-refractivity contribution is 7.89. The topological polar surface area (TPSA) is 110 Å². The molecular weight excluding hydrogens is 453 g/mol. The van der Waals surface area contributed by atoms with Crippen LogP contribution in [0.1, 0.15) is 18.4 Å².